The Morgan fingerprint density at radius 3 is 2.89 bits per heavy atom. The summed E-state index contributed by atoms with van der Waals surface area (Å²) in [5, 5.41) is 2.94. The van der Waals surface area contributed by atoms with Crippen LogP contribution in [0.4, 0.5) is 5.69 Å². The molecule has 0 saturated carbocycles. The molecule has 2 aromatic heterocycles. The molecule has 1 atom stereocenters. The van der Waals surface area contributed by atoms with E-state index in [0.717, 1.165) is 22.5 Å². The molecule has 7 heteroatoms. The highest BCUT2D eigenvalue weighted by atomic mass is 32.2. The molecule has 1 aliphatic rings. The molecule has 0 bridgehead atoms. The fourth-order valence-corrected chi connectivity index (χ4v) is 4.58. The molecule has 0 spiro atoms. The zero-order valence-electron chi connectivity index (χ0n) is 15.9. The van der Waals surface area contributed by atoms with E-state index in [1.165, 1.54) is 0 Å². The standard InChI is InChI=1S/C21H22N4O2S/c1-14-5-3-7-16(9-14)23-21(27)18-12-28-13-25(18)19(26)10-17-11-24-8-4-6-15(2)20(24)22-17/h3-9,11,18H,10,12-13H2,1-2H3,(H,23,27)/t18-/m1/s1. The third kappa shape index (κ3) is 3.75. The van der Waals surface area contributed by atoms with E-state index in [4.69, 9.17) is 0 Å². The van der Waals surface area contributed by atoms with Gasteiger partial charge in [0.1, 0.15) is 11.7 Å². The summed E-state index contributed by atoms with van der Waals surface area (Å²) in [4.78, 5) is 31.9. The topological polar surface area (TPSA) is 66.7 Å². The van der Waals surface area contributed by atoms with Gasteiger partial charge in [0.05, 0.1) is 18.0 Å². The van der Waals surface area contributed by atoms with Crippen molar-refractivity contribution in [2.45, 2.75) is 26.3 Å². The highest BCUT2D eigenvalue weighted by molar-refractivity contribution is 7.99. The highest BCUT2D eigenvalue weighted by Crippen LogP contribution is 2.24. The summed E-state index contributed by atoms with van der Waals surface area (Å²) in [7, 11) is 0. The maximum atomic E-state index is 12.9. The van der Waals surface area contributed by atoms with Gasteiger partial charge >= 0.3 is 0 Å². The summed E-state index contributed by atoms with van der Waals surface area (Å²) in [6.07, 6.45) is 3.99. The predicted molar refractivity (Wildman–Crippen MR) is 111 cm³/mol. The summed E-state index contributed by atoms with van der Waals surface area (Å²) in [5.74, 6) is 0.912. The molecule has 1 N–H and O–H groups in total. The molecule has 1 aliphatic heterocycles. The SMILES string of the molecule is Cc1cccc(NC(=O)[C@H]2CSCN2C(=O)Cc2cn3cccc(C)c3n2)c1. The molecular weight excluding hydrogens is 372 g/mol. The van der Waals surface area contributed by atoms with Gasteiger partial charge in [-0.15, -0.1) is 11.8 Å². The number of pyridine rings is 1. The van der Waals surface area contributed by atoms with E-state index in [-0.39, 0.29) is 18.2 Å². The quantitative estimate of drug-likeness (QED) is 0.739. The number of nitrogens with one attached hydrogen (secondary N) is 1. The van der Waals surface area contributed by atoms with E-state index in [0.29, 0.717) is 17.3 Å². The van der Waals surface area contributed by atoms with Crippen LogP contribution in [0.25, 0.3) is 5.65 Å². The Labute approximate surface area is 167 Å². The first-order valence-corrected chi connectivity index (χ1v) is 10.3. The maximum Gasteiger partial charge on any atom is 0.248 e. The molecule has 6 nitrogen and oxygen atoms in total. The van der Waals surface area contributed by atoms with Crippen molar-refractivity contribution in [1.29, 1.82) is 0 Å². The number of hydrogen-bond acceptors (Lipinski definition) is 4. The van der Waals surface area contributed by atoms with Crippen molar-refractivity contribution in [3.05, 3.63) is 65.6 Å². The lowest BCUT2D eigenvalue weighted by Crippen LogP contribution is -2.45. The Kier molecular flexibility index (Phi) is 5.09. The van der Waals surface area contributed by atoms with Crippen LogP contribution < -0.4 is 5.32 Å². The number of hydrogen-bond donors (Lipinski definition) is 1. The normalized spacial score (nSPS) is 16.5. The second-order valence-corrected chi connectivity index (χ2v) is 8.07. The van der Waals surface area contributed by atoms with Crippen molar-refractivity contribution in [3.63, 3.8) is 0 Å². The molecule has 1 fully saturated rings. The lowest BCUT2D eigenvalue weighted by molar-refractivity contribution is -0.135. The van der Waals surface area contributed by atoms with Gasteiger partial charge in [-0.1, -0.05) is 18.2 Å². The van der Waals surface area contributed by atoms with Crippen LogP contribution in [0.5, 0.6) is 0 Å². The first-order valence-electron chi connectivity index (χ1n) is 9.19. The van der Waals surface area contributed by atoms with E-state index in [1.54, 1.807) is 16.7 Å². The number of rotatable bonds is 4. The van der Waals surface area contributed by atoms with Crippen molar-refractivity contribution in [2.75, 3.05) is 16.9 Å². The zero-order chi connectivity index (χ0) is 19.7. The Morgan fingerprint density at radius 2 is 2.11 bits per heavy atom. The minimum absolute atomic E-state index is 0.0737. The van der Waals surface area contributed by atoms with Crippen LogP contribution in [0.2, 0.25) is 0 Å². The summed E-state index contributed by atoms with van der Waals surface area (Å²) in [6.45, 7) is 3.98. The second-order valence-electron chi connectivity index (χ2n) is 7.07. The molecule has 1 saturated heterocycles. The zero-order valence-corrected chi connectivity index (χ0v) is 16.7. The highest BCUT2D eigenvalue weighted by Gasteiger charge is 2.34. The number of carbonyl (C=O) groups is 2. The van der Waals surface area contributed by atoms with Crippen LogP contribution >= 0.6 is 11.8 Å². The number of aromatic nitrogens is 2. The number of imidazole rings is 1. The van der Waals surface area contributed by atoms with E-state index >= 15 is 0 Å². The van der Waals surface area contributed by atoms with Gasteiger partial charge < -0.3 is 14.6 Å². The van der Waals surface area contributed by atoms with Gasteiger partial charge in [0.15, 0.2) is 0 Å². The van der Waals surface area contributed by atoms with Gasteiger partial charge in [-0.3, -0.25) is 9.59 Å². The number of thioether (sulfide) groups is 1. The lowest BCUT2D eigenvalue weighted by atomic mass is 10.2. The summed E-state index contributed by atoms with van der Waals surface area (Å²) >= 11 is 1.60. The first-order chi connectivity index (χ1) is 13.5. The van der Waals surface area contributed by atoms with E-state index in [2.05, 4.69) is 10.3 Å². The second kappa shape index (κ2) is 7.67. The maximum absolute atomic E-state index is 12.9. The number of nitrogens with zero attached hydrogens (tertiary/aromatic N) is 3. The molecule has 0 aliphatic carbocycles. The van der Waals surface area contributed by atoms with Crippen LogP contribution in [0.1, 0.15) is 16.8 Å². The number of benzene rings is 1. The molecule has 3 aromatic rings. The minimum atomic E-state index is -0.461. The predicted octanol–water partition coefficient (Wildman–Crippen LogP) is 3.03. The van der Waals surface area contributed by atoms with E-state index < -0.39 is 6.04 Å². The molecule has 2 amide bonds. The Hall–Kier alpha value is -2.80. The number of fused-ring (bicyclic) bond motifs is 1. The lowest BCUT2D eigenvalue weighted by Gasteiger charge is -2.23. The first kappa shape index (κ1) is 18.6. The van der Waals surface area contributed by atoms with Gasteiger partial charge in [0, 0.05) is 23.8 Å². The number of anilines is 1. The summed E-state index contributed by atoms with van der Waals surface area (Å²) in [6, 6.07) is 11.2. The fraction of sp³-hybridized carbons (Fsp3) is 0.286. The number of aryl methyl sites for hydroxylation is 2. The summed E-state index contributed by atoms with van der Waals surface area (Å²) in [5.41, 5.74) is 4.47. The Balaban J connectivity index is 1.46. The van der Waals surface area contributed by atoms with Crippen molar-refractivity contribution in [2.24, 2.45) is 0 Å². The molecule has 1 aromatic carbocycles. The Bertz CT molecular complexity index is 1050. The smallest absolute Gasteiger partial charge is 0.248 e. The fourth-order valence-electron chi connectivity index (χ4n) is 3.40. The van der Waals surface area contributed by atoms with E-state index in [1.807, 2.05) is 67.0 Å². The Morgan fingerprint density at radius 1 is 1.25 bits per heavy atom. The average Bonchev–Trinajstić information content (AvgIpc) is 3.29. The van der Waals surface area contributed by atoms with Crippen LogP contribution in [0, 0.1) is 13.8 Å². The summed E-state index contributed by atoms with van der Waals surface area (Å²) < 4.78 is 1.93. The molecule has 144 valence electrons. The van der Waals surface area contributed by atoms with Gasteiger partial charge in [0.25, 0.3) is 0 Å². The molecule has 3 heterocycles. The molecular formula is C21H22N4O2S. The van der Waals surface area contributed by atoms with Gasteiger partial charge in [-0.25, -0.2) is 4.98 Å². The molecule has 0 unspecified atom stereocenters. The van der Waals surface area contributed by atoms with E-state index in [9.17, 15) is 9.59 Å². The van der Waals surface area contributed by atoms with Crippen LogP contribution in [-0.2, 0) is 16.0 Å². The van der Waals surface area contributed by atoms with Crippen LogP contribution in [0.15, 0.2) is 48.8 Å². The van der Waals surface area contributed by atoms with Gasteiger partial charge in [-0.05, 0) is 43.2 Å². The largest absolute Gasteiger partial charge is 0.324 e. The monoisotopic (exact) mass is 394 g/mol. The van der Waals surface area contributed by atoms with Crippen molar-refractivity contribution < 1.29 is 9.59 Å². The molecule has 28 heavy (non-hydrogen) atoms. The molecule has 4 rings (SSSR count). The number of amides is 2. The average molecular weight is 395 g/mol. The third-order valence-electron chi connectivity index (χ3n) is 4.85. The van der Waals surface area contributed by atoms with Crippen LogP contribution in [0.3, 0.4) is 0 Å². The van der Waals surface area contributed by atoms with Crippen LogP contribution in [-0.4, -0.2) is 43.8 Å². The van der Waals surface area contributed by atoms with Gasteiger partial charge in [-0.2, -0.15) is 0 Å². The third-order valence-corrected chi connectivity index (χ3v) is 5.86. The van der Waals surface area contributed by atoms with Crippen molar-refractivity contribution >= 4 is 34.9 Å². The van der Waals surface area contributed by atoms with Gasteiger partial charge in [0.2, 0.25) is 11.8 Å². The van der Waals surface area contributed by atoms with Crippen molar-refractivity contribution in [3.8, 4) is 0 Å². The van der Waals surface area contributed by atoms with Crippen molar-refractivity contribution in [1.82, 2.24) is 14.3 Å². The minimum Gasteiger partial charge on any atom is -0.324 e. The molecule has 0 radical (unpaired) electrons. The number of carbonyl (C=O) groups excluding carboxylic acids is 2.